The van der Waals surface area contributed by atoms with E-state index in [1.165, 1.54) is 45.7 Å². The number of nitrogens with zero attached hydrogens (tertiary/aromatic N) is 2. The normalized spacial score (nSPS) is 15.3. The molecule has 4 N–H and O–H groups in total. The Hall–Kier alpha value is -4.85. The predicted octanol–water partition coefficient (Wildman–Crippen LogP) is 4.08. The summed E-state index contributed by atoms with van der Waals surface area (Å²) < 4.78 is 42.6. The molecule has 2 heterocycles. The minimum absolute atomic E-state index is 0.0102. The third kappa shape index (κ3) is 7.11. The highest BCUT2D eigenvalue weighted by atomic mass is 32.2. The number of carbonyl (C=O) groups is 3. The lowest BCUT2D eigenvalue weighted by Gasteiger charge is -2.32. The number of carbonyl (C=O) groups excluding carboxylic acids is 3. The van der Waals surface area contributed by atoms with Crippen molar-refractivity contribution in [2.45, 2.75) is 48.9 Å². The number of likely N-dealkylation sites (tertiary alicyclic amines) is 1. The monoisotopic (exact) mass is 639 g/mol. The molecule has 0 bridgehead atoms. The van der Waals surface area contributed by atoms with Crippen LogP contribution in [0.2, 0.25) is 0 Å². The van der Waals surface area contributed by atoms with Crippen molar-refractivity contribution in [1.82, 2.24) is 9.88 Å². The summed E-state index contributed by atoms with van der Waals surface area (Å²) in [5, 5.41) is 5.07. The first kappa shape index (κ1) is 33.1. The maximum atomic E-state index is 14.6. The highest BCUT2D eigenvalue weighted by Gasteiger charge is 2.38. The second-order valence-corrected chi connectivity index (χ2v) is 13.1. The molecule has 2 aromatic carbocycles. The molecule has 0 saturated carbocycles. The third-order valence-electron chi connectivity index (χ3n) is 7.57. The van der Waals surface area contributed by atoms with Crippen LogP contribution in [-0.2, 0) is 19.4 Å². The van der Waals surface area contributed by atoms with E-state index in [-0.39, 0.29) is 16.5 Å². The Kier molecular flexibility index (Phi) is 10.2. The lowest BCUT2D eigenvalue weighted by Crippen LogP contribution is -2.38. The number of methoxy groups -OCH3 is 3. The van der Waals surface area contributed by atoms with E-state index in [1.807, 2.05) is 0 Å². The van der Waals surface area contributed by atoms with E-state index >= 15 is 0 Å². The molecular weight excluding hydrogens is 602 g/mol. The molecular formula is C31H37N5O8S. The summed E-state index contributed by atoms with van der Waals surface area (Å²) >= 11 is 0. The fourth-order valence-electron chi connectivity index (χ4n) is 5.23. The quantitative estimate of drug-likeness (QED) is 0.277. The molecule has 3 aromatic rings. The van der Waals surface area contributed by atoms with Gasteiger partial charge in [-0.15, -0.1) is 0 Å². The van der Waals surface area contributed by atoms with Gasteiger partial charge in [-0.2, -0.15) is 0 Å². The maximum Gasteiger partial charge on any atom is 0.411 e. The van der Waals surface area contributed by atoms with Crippen molar-refractivity contribution < 1.29 is 37.0 Å². The molecule has 0 aliphatic carbocycles. The van der Waals surface area contributed by atoms with Gasteiger partial charge in [0.15, 0.2) is 21.3 Å². The summed E-state index contributed by atoms with van der Waals surface area (Å²) in [6, 6.07) is 11.0. The highest BCUT2D eigenvalue weighted by molar-refractivity contribution is 7.92. The SMILES string of the molecule is COC(=O)Nc1ccc(S(=O)(=O)C(C)C)c([C@H]2CCCN2C(=O)[C@@H](Nc2ccnc(C(N)=O)c2)c2ccc(OC)c(OC)c2)c1. The standard InChI is InChI=1S/C31H37N5O8S/c1-18(2)45(40,41)27-11-9-20(35-31(39)44-5)16-22(27)24-7-6-14-36(24)30(38)28(19-8-10-25(42-3)26(15-19)43-4)34-21-12-13-33-23(17-21)29(32)37/h8-13,15-18,24,28H,6-7,14H2,1-5H3,(H2,32,37)(H,33,34)(H,35,39)/t24-,28+/m1/s1. The molecule has 0 spiro atoms. The zero-order valence-corrected chi connectivity index (χ0v) is 26.5. The number of pyridine rings is 1. The van der Waals surface area contributed by atoms with Gasteiger partial charge in [0.05, 0.1) is 37.5 Å². The number of aromatic nitrogens is 1. The molecule has 1 saturated heterocycles. The molecule has 4 rings (SSSR count). The van der Waals surface area contributed by atoms with Gasteiger partial charge in [0.1, 0.15) is 11.7 Å². The van der Waals surface area contributed by atoms with E-state index < -0.39 is 39.2 Å². The van der Waals surface area contributed by atoms with Crippen LogP contribution in [0.15, 0.2) is 59.6 Å². The van der Waals surface area contributed by atoms with Crippen molar-refractivity contribution in [1.29, 1.82) is 0 Å². The van der Waals surface area contributed by atoms with Crippen molar-refractivity contribution in [3.8, 4) is 11.5 Å². The number of hydrogen-bond donors (Lipinski definition) is 3. The van der Waals surface area contributed by atoms with Gasteiger partial charge >= 0.3 is 6.09 Å². The van der Waals surface area contributed by atoms with Gasteiger partial charge in [-0.3, -0.25) is 19.9 Å². The Labute approximate surface area is 262 Å². The molecule has 240 valence electrons. The number of anilines is 2. The van der Waals surface area contributed by atoms with Gasteiger partial charge in [0.25, 0.3) is 5.91 Å². The van der Waals surface area contributed by atoms with Crippen molar-refractivity contribution >= 4 is 39.1 Å². The van der Waals surface area contributed by atoms with Gasteiger partial charge in [0.2, 0.25) is 5.91 Å². The number of ether oxygens (including phenoxy) is 3. The second kappa shape index (κ2) is 13.8. The van der Waals surface area contributed by atoms with Crippen molar-refractivity contribution in [2.24, 2.45) is 5.73 Å². The molecule has 0 radical (unpaired) electrons. The van der Waals surface area contributed by atoms with Crippen LogP contribution < -0.4 is 25.8 Å². The third-order valence-corrected chi connectivity index (χ3v) is 9.80. The Morgan fingerprint density at radius 1 is 0.978 bits per heavy atom. The number of amides is 3. The zero-order chi connectivity index (χ0) is 32.9. The van der Waals surface area contributed by atoms with Crippen LogP contribution in [0.25, 0.3) is 0 Å². The molecule has 1 aliphatic rings. The van der Waals surface area contributed by atoms with E-state index in [0.717, 1.165) is 0 Å². The number of primary amides is 1. The van der Waals surface area contributed by atoms with E-state index in [4.69, 9.17) is 19.9 Å². The summed E-state index contributed by atoms with van der Waals surface area (Å²) in [6.45, 7) is 3.51. The van der Waals surface area contributed by atoms with E-state index in [0.29, 0.717) is 53.4 Å². The Bertz CT molecular complexity index is 1690. The first-order valence-electron chi connectivity index (χ1n) is 14.2. The Balaban J connectivity index is 1.82. The van der Waals surface area contributed by atoms with Crippen LogP contribution in [0, 0.1) is 0 Å². The maximum absolute atomic E-state index is 14.6. The number of hydrogen-bond acceptors (Lipinski definition) is 10. The van der Waals surface area contributed by atoms with Crippen LogP contribution in [-0.4, -0.2) is 69.3 Å². The number of nitrogens with one attached hydrogen (secondary N) is 2. The van der Waals surface area contributed by atoms with Crippen LogP contribution in [0.5, 0.6) is 11.5 Å². The van der Waals surface area contributed by atoms with Gasteiger partial charge < -0.3 is 30.2 Å². The minimum atomic E-state index is -3.77. The molecule has 1 aromatic heterocycles. The van der Waals surface area contributed by atoms with E-state index in [1.54, 1.807) is 49.1 Å². The lowest BCUT2D eigenvalue weighted by atomic mass is 10.0. The number of sulfone groups is 1. The van der Waals surface area contributed by atoms with Crippen molar-refractivity contribution in [3.63, 3.8) is 0 Å². The summed E-state index contributed by atoms with van der Waals surface area (Å²) in [7, 11) is 0.434. The molecule has 1 fully saturated rings. The summed E-state index contributed by atoms with van der Waals surface area (Å²) in [5.74, 6) is -0.232. The first-order chi connectivity index (χ1) is 21.4. The molecule has 45 heavy (non-hydrogen) atoms. The average molecular weight is 640 g/mol. The Morgan fingerprint density at radius 2 is 1.71 bits per heavy atom. The van der Waals surface area contributed by atoms with Gasteiger partial charge in [-0.25, -0.2) is 13.2 Å². The van der Waals surface area contributed by atoms with Crippen molar-refractivity contribution in [3.05, 3.63) is 71.5 Å². The molecule has 3 amide bonds. The molecule has 2 atom stereocenters. The van der Waals surface area contributed by atoms with Gasteiger partial charge in [0, 0.05) is 24.1 Å². The van der Waals surface area contributed by atoms with Crippen LogP contribution in [0.4, 0.5) is 16.2 Å². The molecule has 1 aliphatic heterocycles. The lowest BCUT2D eigenvalue weighted by molar-refractivity contribution is -0.133. The summed E-state index contributed by atoms with van der Waals surface area (Å²) in [6.07, 6.45) is 1.77. The van der Waals surface area contributed by atoms with Crippen LogP contribution in [0.1, 0.15) is 60.4 Å². The van der Waals surface area contributed by atoms with Crippen LogP contribution >= 0.6 is 0 Å². The van der Waals surface area contributed by atoms with E-state index in [2.05, 4.69) is 15.6 Å². The zero-order valence-electron chi connectivity index (χ0n) is 25.7. The number of rotatable bonds is 11. The Morgan fingerprint density at radius 3 is 2.36 bits per heavy atom. The highest BCUT2D eigenvalue weighted by Crippen LogP contribution is 2.40. The number of benzene rings is 2. The first-order valence-corrected chi connectivity index (χ1v) is 15.7. The fraction of sp³-hybridized carbons (Fsp3) is 0.355. The van der Waals surface area contributed by atoms with Crippen LogP contribution in [0.3, 0.4) is 0 Å². The average Bonchev–Trinajstić information content (AvgIpc) is 3.53. The van der Waals surface area contributed by atoms with E-state index in [9.17, 15) is 22.8 Å². The molecule has 0 unspecified atom stereocenters. The van der Waals surface area contributed by atoms with Crippen molar-refractivity contribution in [2.75, 3.05) is 38.5 Å². The summed E-state index contributed by atoms with van der Waals surface area (Å²) in [4.78, 5) is 44.0. The summed E-state index contributed by atoms with van der Waals surface area (Å²) in [5.41, 5.74) is 7.09. The topological polar surface area (TPSA) is 179 Å². The molecule has 13 nitrogen and oxygen atoms in total. The molecule has 14 heteroatoms. The fourth-order valence-corrected chi connectivity index (χ4v) is 6.52. The van der Waals surface area contributed by atoms with Gasteiger partial charge in [-0.1, -0.05) is 6.07 Å². The smallest absolute Gasteiger partial charge is 0.411 e. The second-order valence-electron chi connectivity index (χ2n) is 10.6. The van der Waals surface area contributed by atoms with Gasteiger partial charge in [-0.05, 0) is 80.3 Å². The minimum Gasteiger partial charge on any atom is -0.493 e. The number of nitrogens with two attached hydrogens (primary N) is 1. The predicted molar refractivity (Wildman–Crippen MR) is 167 cm³/mol. The largest absolute Gasteiger partial charge is 0.493 e.